The monoisotopic (exact) mass is 274 g/mol. The maximum atomic E-state index is 12.5. The predicted octanol–water partition coefficient (Wildman–Crippen LogP) is 2.00. The summed E-state index contributed by atoms with van der Waals surface area (Å²) in [7, 11) is 1.64. The van der Waals surface area contributed by atoms with Crippen LogP contribution in [0.5, 0.6) is 0 Å². The van der Waals surface area contributed by atoms with Crippen molar-refractivity contribution in [1.29, 1.82) is 0 Å². The Bertz CT molecular complexity index is 713. The van der Waals surface area contributed by atoms with Gasteiger partial charge >= 0.3 is 5.76 Å². The van der Waals surface area contributed by atoms with Crippen LogP contribution in [0.25, 0.3) is 11.1 Å². The fraction of sp³-hybridized carbons (Fsp3) is 0.467. The van der Waals surface area contributed by atoms with Gasteiger partial charge in [0, 0.05) is 25.7 Å². The number of hydrogen-bond acceptors (Lipinski definition) is 3. The van der Waals surface area contributed by atoms with Crippen LogP contribution in [0.1, 0.15) is 30.1 Å². The molecule has 1 aromatic heterocycles. The van der Waals surface area contributed by atoms with Gasteiger partial charge in [0.05, 0.1) is 5.52 Å². The second-order valence-electron chi connectivity index (χ2n) is 5.61. The van der Waals surface area contributed by atoms with E-state index >= 15 is 0 Å². The van der Waals surface area contributed by atoms with Crippen LogP contribution in [-0.4, -0.2) is 28.5 Å². The van der Waals surface area contributed by atoms with Crippen molar-refractivity contribution in [3.8, 4) is 0 Å². The number of fused-ring (bicyclic) bond motifs is 1. The van der Waals surface area contributed by atoms with Crippen LogP contribution >= 0.6 is 0 Å². The third-order valence-corrected chi connectivity index (χ3v) is 3.98. The quantitative estimate of drug-likeness (QED) is 0.799. The summed E-state index contributed by atoms with van der Waals surface area (Å²) < 4.78 is 6.50. The number of aromatic nitrogens is 1. The molecule has 0 bridgehead atoms. The van der Waals surface area contributed by atoms with E-state index in [4.69, 9.17) is 4.42 Å². The van der Waals surface area contributed by atoms with E-state index in [2.05, 4.69) is 6.92 Å². The molecule has 1 aliphatic heterocycles. The average molecular weight is 274 g/mol. The zero-order chi connectivity index (χ0) is 14.3. The second-order valence-corrected chi connectivity index (χ2v) is 5.61. The molecule has 2 aromatic rings. The van der Waals surface area contributed by atoms with Crippen LogP contribution in [0.3, 0.4) is 0 Å². The van der Waals surface area contributed by atoms with E-state index in [0.29, 0.717) is 22.6 Å². The Labute approximate surface area is 116 Å². The SMILES string of the molecule is CC1CCCN(C(=O)c2ccc3oc(=O)n(C)c3c2)C1. The molecule has 0 saturated carbocycles. The van der Waals surface area contributed by atoms with Gasteiger partial charge < -0.3 is 9.32 Å². The third-order valence-electron chi connectivity index (χ3n) is 3.98. The van der Waals surface area contributed by atoms with Crippen LogP contribution < -0.4 is 5.76 Å². The number of carbonyl (C=O) groups excluding carboxylic acids is 1. The highest BCUT2D eigenvalue weighted by molar-refractivity contribution is 5.97. The highest BCUT2D eigenvalue weighted by Gasteiger charge is 2.22. The first-order chi connectivity index (χ1) is 9.56. The smallest absolute Gasteiger partial charge is 0.408 e. The first-order valence-corrected chi connectivity index (χ1v) is 6.95. The Kier molecular flexibility index (Phi) is 3.12. The molecule has 20 heavy (non-hydrogen) atoms. The van der Waals surface area contributed by atoms with Crippen molar-refractivity contribution < 1.29 is 9.21 Å². The molecule has 0 radical (unpaired) electrons. The van der Waals surface area contributed by atoms with Gasteiger partial charge in [-0.2, -0.15) is 0 Å². The molecule has 1 saturated heterocycles. The van der Waals surface area contributed by atoms with Gasteiger partial charge in [0.1, 0.15) is 0 Å². The van der Waals surface area contributed by atoms with Gasteiger partial charge in [0.25, 0.3) is 5.91 Å². The zero-order valence-corrected chi connectivity index (χ0v) is 11.8. The molecule has 5 heteroatoms. The maximum absolute atomic E-state index is 12.5. The van der Waals surface area contributed by atoms with E-state index in [-0.39, 0.29) is 5.91 Å². The zero-order valence-electron chi connectivity index (χ0n) is 11.8. The summed E-state index contributed by atoms with van der Waals surface area (Å²) in [6.45, 7) is 3.79. The molecule has 0 spiro atoms. The van der Waals surface area contributed by atoms with Crippen molar-refractivity contribution in [3.05, 3.63) is 34.3 Å². The molecular weight excluding hydrogens is 256 g/mol. The maximum Gasteiger partial charge on any atom is 0.419 e. The summed E-state index contributed by atoms with van der Waals surface area (Å²) in [5, 5.41) is 0. The van der Waals surface area contributed by atoms with E-state index < -0.39 is 5.76 Å². The second kappa shape index (κ2) is 4.81. The molecule has 1 unspecified atom stereocenters. The number of amides is 1. The Morgan fingerprint density at radius 3 is 2.95 bits per heavy atom. The number of oxazole rings is 1. The molecule has 5 nitrogen and oxygen atoms in total. The average Bonchev–Trinajstić information content (AvgIpc) is 2.73. The van der Waals surface area contributed by atoms with E-state index in [1.165, 1.54) is 11.0 Å². The summed E-state index contributed by atoms with van der Waals surface area (Å²) in [6, 6.07) is 5.16. The minimum Gasteiger partial charge on any atom is -0.408 e. The summed E-state index contributed by atoms with van der Waals surface area (Å²) in [5.41, 5.74) is 1.79. The van der Waals surface area contributed by atoms with E-state index in [1.54, 1.807) is 25.2 Å². The fourth-order valence-electron chi connectivity index (χ4n) is 2.82. The van der Waals surface area contributed by atoms with Gasteiger partial charge in [-0.1, -0.05) is 6.92 Å². The Morgan fingerprint density at radius 2 is 2.20 bits per heavy atom. The standard InChI is InChI=1S/C15H18N2O3/c1-10-4-3-7-17(9-10)14(18)11-5-6-13-12(8-11)16(2)15(19)20-13/h5-6,8,10H,3-4,7,9H2,1-2H3. The highest BCUT2D eigenvalue weighted by atomic mass is 16.4. The van der Waals surface area contributed by atoms with Crippen molar-refractivity contribution in [2.24, 2.45) is 13.0 Å². The van der Waals surface area contributed by atoms with E-state index in [0.717, 1.165) is 19.5 Å². The normalized spacial score (nSPS) is 19.5. The van der Waals surface area contributed by atoms with Crippen molar-refractivity contribution in [1.82, 2.24) is 9.47 Å². The molecule has 1 atom stereocenters. The van der Waals surface area contributed by atoms with Gasteiger partial charge in [-0.25, -0.2) is 4.79 Å². The Morgan fingerprint density at radius 1 is 1.40 bits per heavy atom. The Balaban J connectivity index is 1.95. The summed E-state index contributed by atoms with van der Waals surface area (Å²) in [6.07, 6.45) is 2.23. The first kappa shape index (κ1) is 13.0. The molecule has 1 aromatic carbocycles. The number of nitrogens with zero attached hydrogens (tertiary/aromatic N) is 2. The number of aryl methyl sites for hydroxylation is 1. The van der Waals surface area contributed by atoms with Crippen LogP contribution in [-0.2, 0) is 7.05 Å². The summed E-state index contributed by atoms with van der Waals surface area (Å²) >= 11 is 0. The number of likely N-dealkylation sites (tertiary alicyclic amines) is 1. The number of rotatable bonds is 1. The topological polar surface area (TPSA) is 55.5 Å². The van der Waals surface area contributed by atoms with Crippen LogP contribution in [0, 0.1) is 5.92 Å². The number of carbonyl (C=O) groups is 1. The van der Waals surface area contributed by atoms with Crippen LogP contribution in [0.15, 0.2) is 27.4 Å². The molecule has 3 rings (SSSR count). The third kappa shape index (κ3) is 2.13. The predicted molar refractivity (Wildman–Crippen MR) is 75.8 cm³/mol. The fourth-order valence-corrected chi connectivity index (χ4v) is 2.82. The largest absolute Gasteiger partial charge is 0.419 e. The van der Waals surface area contributed by atoms with Crippen molar-refractivity contribution >= 4 is 17.0 Å². The number of piperidine rings is 1. The van der Waals surface area contributed by atoms with E-state index in [1.807, 2.05) is 4.90 Å². The van der Waals surface area contributed by atoms with Gasteiger partial charge in [0.15, 0.2) is 5.58 Å². The highest BCUT2D eigenvalue weighted by Crippen LogP contribution is 2.20. The minimum absolute atomic E-state index is 0.0344. The van der Waals surface area contributed by atoms with E-state index in [9.17, 15) is 9.59 Å². The first-order valence-electron chi connectivity index (χ1n) is 6.95. The van der Waals surface area contributed by atoms with Crippen LogP contribution in [0.2, 0.25) is 0 Å². The minimum atomic E-state index is -0.406. The van der Waals surface area contributed by atoms with Crippen molar-refractivity contribution in [2.75, 3.05) is 13.1 Å². The molecule has 0 aliphatic carbocycles. The molecule has 1 amide bonds. The van der Waals surface area contributed by atoms with Crippen LogP contribution in [0.4, 0.5) is 0 Å². The van der Waals surface area contributed by atoms with Crippen molar-refractivity contribution in [2.45, 2.75) is 19.8 Å². The number of hydrogen-bond donors (Lipinski definition) is 0. The lowest BCUT2D eigenvalue weighted by atomic mass is 9.99. The van der Waals surface area contributed by atoms with Gasteiger partial charge in [-0.15, -0.1) is 0 Å². The lowest BCUT2D eigenvalue weighted by molar-refractivity contribution is 0.0683. The summed E-state index contributed by atoms with van der Waals surface area (Å²) in [5.74, 6) is 0.179. The molecular formula is C15H18N2O3. The molecule has 1 aliphatic rings. The van der Waals surface area contributed by atoms with Gasteiger partial charge in [0.2, 0.25) is 0 Å². The van der Waals surface area contributed by atoms with Gasteiger partial charge in [-0.05, 0) is 37.0 Å². The molecule has 0 N–H and O–H groups in total. The summed E-state index contributed by atoms with van der Waals surface area (Å²) in [4.78, 5) is 25.9. The lowest BCUT2D eigenvalue weighted by Gasteiger charge is -2.31. The Hall–Kier alpha value is -2.04. The van der Waals surface area contributed by atoms with Gasteiger partial charge in [-0.3, -0.25) is 9.36 Å². The molecule has 106 valence electrons. The molecule has 1 fully saturated rings. The molecule has 2 heterocycles. The number of benzene rings is 1. The van der Waals surface area contributed by atoms with Crippen molar-refractivity contribution in [3.63, 3.8) is 0 Å². The lowest BCUT2D eigenvalue weighted by Crippen LogP contribution is -2.39.